The van der Waals surface area contributed by atoms with Gasteiger partial charge in [-0.3, -0.25) is 0 Å². The van der Waals surface area contributed by atoms with Crippen molar-refractivity contribution in [3.8, 4) is 0 Å². The maximum absolute atomic E-state index is 5.94. The van der Waals surface area contributed by atoms with Crippen LogP contribution in [-0.2, 0) is 6.42 Å². The van der Waals surface area contributed by atoms with Crippen LogP contribution in [0.15, 0.2) is 10.6 Å². The van der Waals surface area contributed by atoms with Crippen LogP contribution in [-0.4, -0.2) is 10.9 Å². The van der Waals surface area contributed by atoms with E-state index in [4.69, 9.17) is 16.0 Å². The molecule has 3 atom stereocenters. The van der Waals surface area contributed by atoms with Crippen LogP contribution in [0.4, 0.5) is 0 Å². The summed E-state index contributed by atoms with van der Waals surface area (Å²) in [6, 6.07) is 0. The van der Waals surface area contributed by atoms with Crippen molar-refractivity contribution < 1.29 is 4.42 Å². The van der Waals surface area contributed by atoms with E-state index in [1.54, 1.807) is 0 Å². The Balaban J connectivity index is 1.61. The molecule has 0 N–H and O–H groups in total. The molecule has 0 aromatic carbocycles. The normalized spacial score (nSPS) is 31.1. The Labute approximate surface area is 120 Å². The minimum Gasteiger partial charge on any atom is -0.445 e. The van der Waals surface area contributed by atoms with Gasteiger partial charge in [-0.1, -0.05) is 25.7 Å². The maximum Gasteiger partial charge on any atom is 0.194 e. The fourth-order valence-corrected chi connectivity index (χ4v) is 4.11. The minimum atomic E-state index is 0.622. The van der Waals surface area contributed by atoms with Crippen molar-refractivity contribution in [2.75, 3.05) is 5.88 Å². The molecular formula is C16H24ClNO. The van der Waals surface area contributed by atoms with Crippen LogP contribution in [0.1, 0.15) is 68.9 Å². The van der Waals surface area contributed by atoms with E-state index in [1.807, 2.05) is 6.20 Å². The first-order valence-electron chi connectivity index (χ1n) is 7.87. The van der Waals surface area contributed by atoms with Crippen LogP contribution < -0.4 is 0 Å². The van der Waals surface area contributed by atoms with Crippen molar-refractivity contribution in [1.82, 2.24) is 4.98 Å². The lowest BCUT2D eigenvalue weighted by molar-refractivity contribution is 0.147. The predicted molar refractivity (Wildman–Crippen MR) is 77.6 cm³/mol. The lowest BCUT2D eigenvalue weighted by Gasteiger charge is -2.38. The highest BCUT2D eigenvalue weighted by Crippen LogP contribution is 2.46. The van der Waals surface area contributed by atoms with Gasteiger partial charge < -0.3 is 4.42 Å². The van der Waals surface area contributed by atoms with Crippen molar-refractivity contribution in [3.05, 3.63) is 17.8 Å². The Morgan fingerprint density at radius 3 is 2.84 bits per heavy atom. The van der Waals surface area contributed by atoms with Crippen LogP contribution >= 0.6 is 11.6 Å². The highest BCUT2D eigenvalue weighted by Gasteiger charge is 2.34. The molecule has 1 aromatic rings. The van der Waals surface area contributed by atoms with Crippen molar-refractivity contribution in [1.29, 1.82) is 0 Å². The summed E-state index contributed by atoms with van der Waals surface area (Å²) in [6.45, 7) is 0. The Hall–Kier alpha value is -0.500. The topological polar surface area (TPSA) is 26.0 Å². The number of halogens is 1. The van der Waals surface area contributed by atoms with E-state index >= 15 is 0 Å². The number of aryl methyl sites for hydroxylation is 1. The van der Waals surface area contributed by atoms with Gasteiger partial charge in [-0.25, -0.2) is 4.98 Å². The summed E-state index contributed by atoms with van der Waals surface area (Å²) in [6.07, 6.45) is 13.6. The monoisotopic (exact) mass is 281 g/mol. The summed E-state index contributed by atoms with van der Waals surface area (Å²) >= 11 is 5.71. The fourth-order valence-electron chi connectivity index (χ4n) is 3.98. The van der Waals surface area contributed by atoms with Gasteiger partial charge in [0.05, 0.1) is 6.20 Å². The molecule has 2 nitrogen and oxygen atoms in total. The van der Waals surface area contributed by atoms with Crippen molar-refractivity contribution >= 4 is 11.6 Å². The molecule has 0 aliphatic heterocycles. The van der Waals surface area contributed by atoms with Gasteiger partial charge in [0.2, 0.25) is 0 Å². The third-order valence-corrected chi connectivity index (χ3v) is 5.31. The Morgan fingerprint density at radius 2 is 2.00 bits per heavy atom. The molecule has 1 heterocycles. The number of hydrogen-bond acceptors (Lipinski definition) is 2. The first-order valence-corrected chi connectivity index (χ1v) is 8.41. The predicted octanol–water partition coefficient (Wildman–Crippen LogP) is 4.92. The van der Waals surface area contributed by atoms with E-state index in [0.717, 1.165) is 36.3 Å². The molecule has 19 heavy (non-hydrogen) atoms. The molecule has 0 saturated heterocycles. The number of rotatable bonds is 4. The van der Waals surface area contributed by atoms with Gasteiger partial charge in [0.15, 0.2) is 5.89 Å². The van der Waals surface area contributed by atoms with Gasteiger partial charge in [0.25, 0.3) is 0 Å². The van der Waals surface area contributed by atoms with Crippen LogP contribution in [0.2, 0.25) is 0 Å². The number of hydrogen-bond donors (Lipinski definition) is 0. The van der Waals surface area contributed by atoms with Gasteiger partial charge in [0.1, 0.15) is 5.76 Å². The summed E-state index contributed by atoms with van der Waals surface area (Å²) in [5.74, 6) is 5.27. The molecule has 3 unspecified atom stereocenters. The van der Waals surface area contributed by atoms with Crippen LogP contribution in [0, 0.1) is 11.8 Å². The highest BCUT2D eigenvalue weighted by atomic mass is 35.5. The van der Waals surface area contributed by atoms with E-state index in [-0.39, 0.29) is 0 Å². The van der Waals surface area contributed by atoms with E-state index in [9.17, 15) is 0 Å². The van der Waals surface area contributed by atoms with Crippen molar-refractivity contribution in [2.45, 2.75) is 63.7 Å². The minimum absolute atomic E-state index is 0.622. The standard InChI is InChI=1S/C16H24ClNO/c17-9-3-6-16-18-11-15(19-16)14-8-7-12-4-1-2-5-13(12)10-14/h11-14H,1-10H2. The average Bonchev–Trinajstić information content (AvgIpc) is 2.93. The molecule has 1 aromatic heterocycles. The Bertz CT molecular complexity index is 403. The first-order chi connectivity index (χ1) is 9.36. The van der Waals surface area contributed by atoms with Crippen molar-refractivity contribution in [2.24, 2.45) is 11.8 Å². The molecule has 3 heteroatoms. The third kappa shape index (κ3) is 3.16. The Kier molecular flexibility index (Phi) is 4.47. The van der Waals surface area contributed by atoms with E-state index in [0.29, 0.717) is 11.8 Å². The second kappa shape index (κ2) is 6.30. The number of fused-ring (bicyclic) bond motifs is 1. The number of alkyl halides is 1. The molecule has 2 aliphatic rings. The van der Waals surface area contributed by atoms with E-state index in [1.165, 1.54) is 44.9 Å². The van der Waals surface area contributed by atoms with Crippen LogP contribution in [0.25, 0.3) is 0 Å². The molecular weight excluding hydrogens is 258 g/mol. The van der Waals surface area contributed by atoms with E-state index in [2.05, 4.69) is 4.98 Å². The third-order valence-electron chi connectivity index (χ3n) is 5.04. The van der Waals surface area contributed by atoms with Gasteiger partial charge in [-0.2, -0.15) is 0 Å². The summed E-state index contributed by atoms with van der Waals surface area (Å²) in [5, 5.41) is 0. The lowest BCUT2D eigenvalue weighted by atomic mass is 9.67. The average molecular weight is 282 g/mol. The highest BCUT2D eigenvalue weighted by molar-refractivity contribution is 6.17. The second-order valence-corrected chi connectivity index (χ2v) is 6.64. The zero-order chi connectivity index (χ0) is 13.1. The molecule has 0 radical (unpaired) electrons. The Morgan fingerprint density at radius 1 is 1.16 bits per heavy atom. The number of oxazole rings is 1. The van der Waals surface area contributed by atoms with Gasteiger partial charge in [-0.15, -0.1) is 11.6 Å². The second-order valence-electron chi connectivity index (χ2n) is 6.26. The van der Waals surface area contributed by atoms with Gasteiger partial charge >= 0.3 is 0 Å². The summed E-state index contributed by atoms with van der Waals surface area (Å²) in [4.78, 5) is 4.41. The number of nitrogens with zero attached hydrogens (tertiary/aromatic N) is 1. The molecule has 0 bridgehead atoms. The molecule has 106 valence electrons. The van der Waals surface area contributed by atoms with Crippen LogP contribution in [0.3, 0.4) is 0 Å². The zero-order valence-corrected chi connectivity index (χ0v) is 12.4. The smallest absolute Gasteiger partial charge is 0.194 e. The summed E-state index contributed by atoms with van der Waals surface area (Å²) < 4.78 is 5.94. The largest absolute Gasteiger partial charge is 0.445 e. The fraction of sp³-hybridized carbons (Fsp3) is 0.812. The van der Waals surface area contributed by atoms with Gasteiger partial charge in [0, 0.05) is 18.2 Å². The lowest BCUT2D eigenvalue weighted by Crippen LogP contribution is -2.26. The quantitative estimate of drug-likeness (QED) is 0.732. The zero-order valence-electron chi connectivity index (χ0n) is 11.6. The molecule has 0 amide bonds. The summed E-state index contributed by atoms with van der Waals surface area (Å²) in [7, 11) is 0. The molecule has 2 saturated carbocycles. The maximum atomic E-state index is 5.94. The number of aromatic nitrogens is 1. The van der Waals surface area contributed by atoms with Gasteiger partial charge in [-0.05, 0) is 37.5 Å². The first kappa shape index (κ1) is 13.5. The molecule has 3 rings (SSSR count). The molecule has 2 aliphatic carbocycles. The van der Waals surface area contributed by atoms with Crippen molar-refractivity contribution in [3.63, 3.8) is 0 Å². The molecule has 2 fully saturated rings. The van der Waals surface area contributed by atoms with E-state index < -0.39 is 0 Å². The molecule has 0 spiro atoms. The SMILES string of the molecule is ClCCCc1ncc(C2CCC3CCCCC3C2)o1. The van der Waals surface area contributed by atoms with Crippen LogP contribution in [0.5, 0.6) is 0 Å². The summed E-state index contributed by atoms with van der Waals surface area (Å²) in [5.41, 5.74) is 0.